The molecule has 6 heteroatoms. The number of nitrogens with one attached hydrogen (secondary N) is 2. The van der Waals surface area contributed by atoms with Gasteiger partial charge in [0.05, 0.1) is 30.4 Å². The van der Waals surface area contributed by atoms with Crippen LogP contribution in [-0.2, 0) is 20.1 Å². The summed E-state index contributed by atoms with van der Waals surface area (Å²) < 4.78 is 7.40. The van der Waals surface area contributed by atoms with Gasteiger partial charge >= 0.3 is 0 Å². The highest BCUT2D eigenvalue weighted by Gasteiger charge is 2.08. The van der Waals surface area contributed by atoms with Gasteiger partial charge in [-0.2, -0.15) is 0 Å². The van der Waals surface area contributed by atoms with Gasteiger partial charge in [0.15, 0.2) is 5.96 Å². The predicted octanol–water partition coefficient (Wildman–Crippen LogP) is 2.34. The Kier molecular flexibility index (Phi) is 4.32. The lowest BCUT2D eigenvalue weighted by Crippen LogP contribution is -2.36. The zero-order valence-electron chi connectivity index (χ0n) is 13.6. The number of hydrogen-bond donors (Lipinski definition) is 2. The van der Waals surface area contributed by atoms with Crippen LogP contribution in [0.15, 0.2) is 46.0 Å². The highest BCUT2D eigenvalue weighted by Crippen LogP contribution is 2.16. The molecule has 2 aromatic heterocycles. The zero-order valence-corrected chi connectivity index (χ0v) is 13.6. The third-order valence-corrected chi connectivity index (χ3v) is 3.78. The maximum atomic E-state index is 5.30. The first-order valence-electron chi connectivity index (χ1n) is 7.56. The first-order valence-corrected chi connectivity index (χ1v) is 7.56. The lowest BCUT2D eigenvalue weighted by Gasteiger charge is -2.10. The quantitative estimate of drug-likeness (QED) is 0.573. The van der Waals surface area contributed by atoms with E-state index in [9.17, 15) is 0 Å². The highest BCUT2D eigenvalue weighted by molar-refractivity contribution is 5.80. The van der Waals surface area contributed by atoms with Gasteiger partial charge in [-0.05, 0) is 36.8 Å². The fourth-order valence-electron chi connectivity index (χ4n) is 2.49. The molecule has 0 spiro atoms. The molecular formula is C17H21N5O. The number of furan rings is 1. The van der Waals surface area contributed by atoms with Crippen LogP contribution in [0.2, 0.25) is 0 Å². The van der Waals surface area contributed by atoms with Gasteiger partial charge in [-0.3, -0.25) is 4.99 Å². The molecule has 0 fully saturated rings. The van der Waals surface area contributed by atoms with Crippen LogP contribution in [0.4, 0.5) is 0 Å². The van der Waals surface area contributed by atoms with Crippen molar-refractivity contribution in [1.82, 2.24) is 20.2 Å². The second-order valence-electron chi connectivity index (χ2n) is 5.44. The Labute approximate surface area is 135 Å². The fraction of sp³-hybridized carbons (Fsp3) is 0.294. The molecule has 0 amide bonds. The Morgan fingerprint density at radius 2 is 2.09 bits per heavy atom. The number of hydrogen-bond acceptors (Lipinski definition) is 3. The van der Waals surface area contributed by atoms with Crippen molar-refractivity contribution in [1.29, 1.82) is 0 Å². The highest BCUT2D eigenvalue weighted by atomic mass is 16.3. The maximum Gasteiger partial charge on any atom is 0.191 e. The van der Waals surface area contributed by atoms with Gasteiger partial charge in [-0.15, -0.1) is 0 Å². The van der Waals surface area contributed by atoms with Crippen LogP contribution in [0.5, 0.6) is 0 Å². The van der Waals surface area contributed by atoms with Gasteiger partial charge in [0.2, 0.25) is 0 Å². The largest absolute Gasteiger partial charge is 0.467 e. The average molecular weight is 311 g/mol. The Hall–Kier alpha value is -2.76. The second kappa shape index (κ2) is 6.56. The van der Waals surface area contributed by atoms with Gasteiger partial charge in [0.1, 0.15) is 11.6 Å². The molecule has 120 valence electrons. The third kappa shape index (κ3) is 3.36. The van der Waals surface area contributed by atoms with Gasteiger partial charge in [-0.1, -0.05) is 6.07 Å². The van der Waals surface area contributed by atoms with Gasteiger partial charge in [-0.25, -0.2) is 4.98 Å². The molecule has 0 aliphatic carbocycles. The molecule has 2 N–H and O–H groups in total. The van der Waals surface area contributed by atoms with E-state index in [0.29, 0.717) is 19.0 Å². The van der Waals surface area contributed by atoms with Crippen molar-refractivity contribution in [2.45, 2.75) is 20.0 Å². The summed E-state index contributed by atoms with van der Waals surface area (Å²) in [5, 5.41) is 6.49. The van der Waals surface area contributed by atoms with Crippen LogP contribution in [-0.4, -0.2) is 22.6 Å². The molecule has 0 radical (unpaired) electrons. The van der Waals surface area contributed by atoms with Crippen molar-refractivity contribution in [2.24, 2.45) is 12.0 Å². The summed E-state index contributed by atoms with van der Waals surface area (Å²) in [6.07, 6.45) is 1.66. The molecule has 3 aromatic rings. The molecule has 0 bridgehead atoms. The normalized spacial score (nSPS) is 11.9. The van der Waals surface area contributed by atoms with E-state index in [-0.39, 0.29) is 0 Å². The molecule has 0 unspecified atom stereocenters. The molecule has 6 nitrogen and oxygen atoms in total. The van der Waals surface area contributed by atoms with E-state index in [1.54, 1.807) is 13.3 Å². The first kappa shape index (κ1) is 15.1. The summed E-state index contributed by atoms with van der Waals surface area (Å²) in [6, 6.07) is 10.1. The number of fused-ring (bicyclic) bond motifs is 1. The van der Waals surface area contributed by atoms with Crippen LogP contribution >= 0.6 is 0 Å². The standard InChI is InChI=1S/C17H21N5O/c1-12-6-7-15-14(9-12)21-16(22(15)3)11-20-17(18-2)19-10-13-5-4-8-23-13/h4-9H,10-11H2,1-3H3,(H2,18,19,20). The SMILES string of the molecule is CN=C(NCc1ccco1)NCc1nc2cc(C)ccc2n1C. The van der Waals surface area contributed by atoms with Gasteiger partial charge < -0.3 is 19.6 Å². The molecule has 0 aliphatic heterocycles. The van der Waals surface area contributed by atoms with Crippen LogP contribution < -0.4 is 10.6 Å². The lowest BCUT2D eigenvalue weighted by molar-refractivity contribution is 0.501. The summed E-state index contributed by atoms with van der Waals surface area (Å²) in [5.74, 6) is 2.54. The summed E-state index contributed by atoms with van der Waals surface area (Å²) in [5.41, 5.74) is 3.36. The van der Waals surface area contributed by atoms with E-state index in [2.05, 4.69) is 50.3 Å². The van der Waals surface area contributed by atoms with Crippen LogP contribution in [0.25, 0.3) is 11.0 Å². The number of rotatable bonds is 4. The van der Waals surface area contributed by atoms with E-state index in [1.807, 2.05) is 19.2 Å². The first-order chi connectivity index (χ1) is 11.2. The fourth-order valence-corrected chi connectivity index (χ4v) is 2.49. The molecule has 0 aliphatic rings. The molecule has 23 heavy (non-hydrogen) atoms. The Balaban J connectivity index is 1.65. The predicted molar refractivity (Wildman–Crippen MR) is 91.2 cm³/mol. The maximum absolute atomic E-state index is 5.30. The minimum atomic E-state index is 0.592. The lowest BCUT2D eigenvalue weighted by atomic mass is 10.2. The van der Waals surface area contributed by atoms with Crippen molar-refractivity contribution in [3.8, 4) is 0 Å². The number of aromatic nitrogens is 2. The summed E-state index contributed by atoms with van der Waals surface area (Å²) in [7, 11) is 3.77. The number of aliphatic imine (C=N–C) groups is 1. The summed E-state index contributed by atoms with van der Waals surface area (Å²) in [4.78, 5) is 8.90. The summed E-state index contributed by atoms with van der Waals surface area (Å²) in [6.45, 7) is 3.27. The number of benzene rings is 1. The average Bonchev–Trinajstić information content (AvgIpc) is 3.16. The molecule has 0 saturated carbocycles. The topological polar surface area (TPSA) is 67.4 Å². The Bertz CT molecular complexity index is 817. The molecule has 2 heterocycles. The molecule has 3 rings (SSSR count). The van der Waals surface area contributed by atoms with E-state index < -0.39 is 0 Å². The Morgan fingerprint density at radius 3 is 2.83 bits per heavy atom. The van der Waals surface area contributed by atoms with Crippen LogP contribution in [0, 0.1) is 6.92 Å². The molecule has 0 saturated heterocycles. The van der Waals surface area contributed by atoms with Crippen molar-refractivity contribution in [2.75, 3.05) is 7.05 Å². The van der Waals surface area contributed by atoms with E-state index in [4.69, 9.17) is 4.42 Å². The molecule has 0 atom stereocenters. The van der Waals surface area contributed by atoms with Crippen LogP contribution in [0.1, 0.15) is 17.1 Å². The Morgan fingerprint density at radius 1 is 1.26 bits per heavy atom. The number of imidazole rings is 1. The number of nitrogens with zero attached hydrogens (tertiary/aromatic N) is 3. The third-order valence-electron chi connectivity index (χ3n) is 3.78. The van der Waals surface area contributed by atoms with Crippen molar-refractivity contribution in [3.05, 3.63) is 53.7 Å². The van der Waals surface area contributed by atoms with Crippen molar-refractivity contribution in [3.63, 3.8) is 0 Å². The number of aryl methyl sites for hydroxylation is 2. The zero-order chi connectivity index (χ0) is 16.2. The summed E-state index contributed by atoms with van der Waals surface area (Å²) >= 11 is 0. The monoisotopic (exact) mass is 311 g/mol. The van der Waals surface area contributed by atoms with Crippen molar-refractivity contribution < 1.29 is 4.42 Å². The minimum Gasteiger partial charge on any atom is -0.467 e. The van der Waals surface area contributed by atoms with Crippen molar-refractivity contribution >= 4 is 17.0 Å². The van der Waals surface area contributed by atoms with Crippen LogP contribution in [0.3, 0.4) is 0 Å². The van der Waals surface area contributed by atoms with E-state index in [0.717, 1.165) is 22.6 Å². The van der Waals surface area contributed by atoms with Gasteiger partial charge in [0.25, 0.3) is 0 Å². The number of guanidine groups is 1. The van der Waals surface area contributed by atoms with Gasteiger partial charge in [0, 0.05) is 14.1 Å². The molecule has 1 aromatic carbocycles. The molecular weight excluding hydrogens is 290 g/mol. The second-order valence-corrected chi connectivity index (χ2v) is 5.44. The van der Waals surface area contributed by atoms with E-state index >= 15 is 0 Å². The smallest absolute Gasteiger partial charge is 0.191 e. The minimum absolute atomic E-state index is 0.592. The van der Waals surface area contributed by atoms with E-state index in [1.165, 1.54) is 5.56 Å².